The van der Waals surface area contributed by atoms with Crippen molar-refractivity contribution in [2.24, 2.45) is 6.98 Å². The summed E-state index contributed by atoms with van der Waals surface area (Å²) in [6.07, 6.45) is 8.91. The van der Waals surface area contributed by atoms with Crippen molar-refractivity contribution in [2.75, 3.05) is 0 Å². The van der Waals surface area contributed by atoms with Crippen molar-refractivity contribution < 1.29 is 4.11 Å². The fourth-order valence-electron chi connectivity index (χ4n) is 2.90. The van der Waals surface area contributed by atoms with Crippen LogP contribution in [0.5, 0.6) is 0 Å². The molecule has 0 amide bonds. The molecule has 110 valence electrons. The molecule has 0 aliphatic heterocycles. The third-order valence-corrected chi connectivity index (χ3v) is 19.4. The van der Waals surface area contributed by atoms with Gasteiger partial charge in [-0.3, -0.25) is 0 Å². The molecule has 4 heteroatoms. The minimum absolute atomic E-state index is 1.02. The predicted molar refractivity (Wildman–Crippen MR) is 85.5 cm³/mol. The van der Waals surface area contributed by atoms with Crippen LogP contribution >= 0.6 is 0 Å². The van der Waals surface area contributed by atoms with E-state index in [9.17, 15) is 0 Å². The summed E-state index contributed by atoms with van der Waals surface area (Å²) in [5.41, 5.74) is 0. The first-order valence-electron chi connectivity index (χ1n) is 9.33. The molecule has 0 aliphatic rings. The zero-order valence-corrected chi connectivity index (χ0v) is 15.6. The summed E-state index contributed by atoms with van der Waals surface area (Å²) in [7, 11) is 0. The van der Waals surface area contributed by atoms with E-state index < -0.39 is 25.4 Å². The number of nitrogens with zero attached hydrogens (tertiary/aromatic N) is 3. The van der Waals surface area contributed by atoms with Crippen LogP contribution in [0.25, 0.3) is 0 Å². The normalized spacial score (nSPS) is 15.0. The van der Waals surface area contributed by atoms with Gasteiger partial charge in [-0.15, -0.1) is 0 Å². The summed E-state index contributed by atoms with van der Waals surface area (Å²) in [5.74, 6) is 0. The van der Waals surface area contributed by atoms with Crippen LogP contribution in [0.3, 0.4) is 0 Å². The molecule has 19 heavy (non-hydrogen) atoms. The van der Waals surface area contributed by atoms with Gasteiger partial charge in [-0.25, -0.2) is 0 Å². The first-order chi connectivity index (χ1) is 10.4. The van der Waals surface area contributed by atoms with Crippen LogP contribution in [-0.4, -0.2) is 33.4 Å². The van der Waals surface area contributed by atoms with Crippen molar-refractivity contribution in [2.45, 2.75) is 72.6 Å². The fraction of sp³-hybridized carbons (Fsp3) is 0.867. The Kier molecular flexibility index (Phi) is 5.99. The van der Waals surface area contributed by atoms with E-state index in [-0.39, 0.29) is 0 Å². The van der Waals surface area contributed by atoms with Crippen molar-refractivity contribution in [1.82, 2.24) is 15.0 Å². The van der Waals surface area contributed by atoms with Gasteiger partial charge in [0, 0.05) is 0 Å². The molecular formula is C15H31N3Sn. The van der Waals surface area contributed by atoms with Gasteiger partial charge in [0.25, 0.3) is 0 Å². The summed E-state index contributed by atoms with van der Waals surface area (Å²) >= 11 is -2.76. The number of hydrogen-bond donors (Lipinski definition) is 0. The fourth-order valence-corrected chi connectivity index (χ4v) is 18.4. The molecule has 0 radical (unpaired) electrons. The second-order valence-electron chi connectivity index (χ2n) is 5.62. The Labute approximate surface area is 127 Å². The SMILES string of the molecule is [2H]C([2H])([2H])n1nnc[c]1[Sn]([CH2]CCC)([CH2]CCC)[CH2]CCC. The van der Waals surface area contributed by atoms with Gasteiger partial charge >= 0.3 is 127 Å². The van der Waals surface area contributed by atoms with Crippen LogP contribution in [0.15, 0.2) is 6.20 Å². The van der Waals surface area contributed by atoms with Crippen LogP contribution in [0, 0.1) is 0 Å². The van der Waals surface area contributed by atoms with Gasteiger partial charge in [-0.2, -0.15) is 0 Å². The molecule has 1 rings (SSSR count). The molecule has 0 fully saturated rings. The second-order valence-corrected chi connectivity index (χ2v) is 18.7. The molecule has 0 N–H and O–H groups in total. The Bertz CT molecular complexity index is 410. The topological polar surface area (TPSA) is 30.7 Å². The Hall–Kier alpha value is -0.0613. The average molecular weight is 375 g/mol. The van der Waals surface area contributed by atoms with Crippen molar-refractivity contribution >= 4 is 22.1 Å². The summed E-state index contributed by atoms with van der Waals surface area (Å²) in [6, 6.07) is 0. The first kappa shape index (κ1) is 12.7. The van der Waals surface area contributed by atoms with Gasteiger partial charge in [0.2, 0.25) is 0 Å². The molecule has 0 saturated heterocycles. The number of aromatic nitrogens is 3. The van der Waals surface area contributed by atoms with Crippen molar-refractivity contribution in [3.8, 4) is 0 Å². The van der Waals surface area contributed by atoms with Gasteiger partial charge in [0.1, 0.15) is 0 Å². The zero-order chi connectivity index (χ0) is 16.6. The monoisotopic (exact) mass is 376 g/mol. The average Bonchev–Trinajstić information content (AvgIpc) is 2.97. The Balaban J connectivity index is 3.23. The van der Waals surface area contributed by atoms with E-state index in [2.05, 4.69) is 31.1 Å². The van der Waals surface area contributed by atoms with Gasteiger partial charge in [0.05, 0.1) is 0 Å². The van der Waals surface area contributed by atoms with Crippen LogP contribution in [0.2, 0.25) is 13.3 Å². The molecule has 0 bridgehead atoms. The molecular weight excluding hydrogens is 341 g/mol. The quantitative estimate of drug-likeness (QED) is 0.582. The standard InChI is InChI=1S/3C4H9.C3H4N3.Sn/c3*1-3-4-2;1-6-3-2-4-5-6;/h3*1,3-4H2,2H3;2H,1H3;/i;;;1D3;. The maximum absolute atomic E-state index is 7.77. The zero-order valence-electron chi connectivity index (χ0n) is 15.8. The van der Waals surface area contributed by atoms with E-state index >= 15 is 0 Å². The van der Waals surface area contributed by atoms with Gasteiger partial charge in [-0.1, -0.05) is 0 Å². The number of unbranched alkanes of at least 4 members (excludes halogenated alkanes) is 3. The molecule has 1 aromatic rings. The van der Waals surface area contributed by atoms with Crippen LogP contribution in [0.4, 0.5) is 0 Å². The first-order valence-corrected chi connectivity index (χ1v) is 15.3. The number of aryl methyl sites for hydroxylation is 1. The van der Waals surface area contributed by atoms with E-state index in [0.29, 0.717) is 0 Å². The van der Waals surface area contributed by atoms with Crippen molar-refractivity contribution in [3.05, 3.63) is 6.20 Å². The third kappa shape index (κ3) is 4.76. The molecule has 0 unspecified atom stereocenters. The van der Waals surface area contributed by atoms with E-state index in [1.807, 2.05) is 0 Å². The Morgan fingerprint density at radius 2 is 1.58 bits per heavy atom. The molecule has 0 atom stereocenters. The molecule has 1 heterocycles. The Morgan fingerprint density at radius 1 is 1.05 bits per heavy atom. The van der Waals surface area contributed by atoms with Gasteiger partial charge in [-0.05, 0) is 0 Å². The molecule has 0 saturated carbocycles. The minimum atomic E-state index is -2.76. The van der Waals surface area contributed by atoms with Crippen LogP contribution < -0.4 is 3.71 Å². The second kappa shape index (κ2) is 8.98. The van der Waals surface area contributed by atoms with Gasteiger partial charge in [0.15, 0.2) is 0 Å². The summed E-state index contributed by atoms with van der Waals surface area (Å²) in [4.78, 5) is 0. The summed E-state index contributed by atoms with van der Waals surface area (Å²) in [5, 5.41) is 7.92. The van der Waals surface area contributed by atoms with E-state index in [0.717, 1.165) is 3.71 Å². The Morgan fingerprint density at radius 3 is 2.00 bits per heavy atom. The third-order valence-electron chi connectivity index (χ3n) is 4.12. The summed E-state index contributed by atoms with van der Waals surface area (Å²) < 4.78 is 29.3. The van der Waals surface area contributed by atoms with Gasteiger partial charge < -0.3 is 0 Å². The van der Waals surface area contributed by atoms with Crippen molar-refractivity contribution in [3.63, 3.8) is 0 Å². The van der Waals surface area contributed by atoms with E-state index in [4.69, 9.17) is 4.11 Å². The van der Waals surface area contributed by atoms with E-state index in [1.54, 1.807) is 6.20 Å². The molecule has 0 aliphatic carbocycles. The molecule has 0 spiro atoms. The number of hydrogen-bond acceptors (Lipinski definition) is 2. The molecule has 0 aromatic carbocycles. The summed E-state index contributed by atoms with van der Waals surface area (Å²) in [6.45, 7) is 4.46. The van der Waals surface area contributed by atoms with Crippen LogP contribution in [-0.2, 0) is 6.98 Å². The molecule has 3 nitrogen and oxygen atoms in total. The van der Waals surface area contributed by atoms with E-state index in [1.165, 1.54) is 56.5 Å². The predicted octanol–water partition coefficient (Wildman–Crippen LogP) is 3.87. The maximum atomic E-state index is 7.77. The van der Waals surface area contributed by atoms with Crippen LogP contribution in [0.1, 0.15) is 63.4 Å². The van der Waals surface area contributed by atoms with Crippen molar-refractivity contribution in [1.29, 1.82) is 0 Å². The molecule has 1 aromatic heterocycles. The number of rotatable bonds is 10.